The summed E-state index contributed by atoms with van der Waals surface area (Å²) in [5, 5.41) is 7.49. The first-order valence-electron chi connectivity index (χ1n) is 6.55. The number of carbonyl (C=O) groups excluding carboxylic acids is 1. The van der Waals surface area contributed by atoms with Gasteiger partial charge in [0.25, 0.3) is 5.91 Å². The van der Waals surface area contributed by atoms with E-state index in [0.29, 0.717) is 11.1 Å². The predicted octanol–water partition coefficient (Wildman–Crippen LogP) is 2.43. The van der Waals surface area contributed by atoms with Crippen molar-refractivity contribution in [3.8, 4) is 0 Å². The van der Waals surface area contributed by atoms with Gasteiger partial charge in [-0.25, -0.2) is 4.98 Å². The molecule has 2 heterocycles. The van der Waals surface area contributed by atoms with Crippen LogP contribution < -0.4 is 0 Å². The maximum absolute atomic E-state index is 12.8. The van der Waals surface area contributed by atoms with Crippen molar-refractivity contribution in [2.45, 2.75) is 13.1 Å². The fourth-order valence-corrected chi connectivity index (χ4v) is 2.28. The van der Waals surface area contributed by atoms with Gasteiger partial charge in [0.1, 0.15) is 5.82 Å². The molecule has 1 aromatic carbocycles. The molecule has 114 valence electrons. The van der Waals surface area contributed by atoms with E-state index >= 15 is 0 Å². The highest BCUT2D eigenvalue weighted by Crippen LogP contribution is 2.19. The molecule has 0 radical (unpaired) electrons. The van der Waals surface area contributed by atoms with Crippen LogP contribution in [0.15, 0.2) is 36.8 Å². The van der Waals surface area contributed by atoms with Gasteiger partial charge < -0.3 is 4.90 Å². The van der Waals surface area contributed by atoms with Crippen LogP contribution in [0.25, 0.3) is 10.9 Å². The zero-order valence-electron chi connectivity index (χ0n) is 11.7. The molecule has 3 rings (SSSR count). The summed E-state index contributed by atoms with van der Waals surface area (Å²) >= 11 is 0. The summed E-state index contributed by atoms with van der Waals surface area (Å²) in [6.07, 6.45) is 4.10. The fraction of sp³-hybridized carbons (Fsp3) is 0.214. The first-order chi connectivity index (χ1) is 10.6. The normalized spacial score (nSPS) is 11.3. The first kappa shape index (κ1) is 14.2. The van der Waals surface area contributed by atoms with Gasteiger partial charge >= 0.3 is 6.55 Å². The van der Waals surface area contributed by atoms with E-state index in [9.17, 15) is 13.6 Å². The lowest BCUT2D eigenvalue weighted by atomic mass is 10.1. The Morgan fingerprint density at radius 3 is 3.05 bits per heavy atom. The fourth-order valence-electron chi connectivity index (χ4n) is 2.28. The molecule has 0 saturated carbocycles. The predicted molar refractivity (Wildman–Crippen MR) is 75.4 cm³/mol. The molecule has 2 aromatic heterocycles. The van der Waals surface area contributed by atoms with Crippen molar-refractivity contribution in [3.05, 3.63) is 48.2 Å². The van der Waals surface area contributed by atoms with Gasteiger partial charge in [0.15, 0.2) is 0 Å². The third kappa shape index (κ3) is 2.43. The minimum absolute atomic E-state index is 0.0132. The van der Waals surface area contributed by atoms with E-state index in [-0.39, 0.29) is 18.3 Å². The smallest absolute Gasteiger partial charge is 0.319 e. The molecule has 0 aliphatic rings. The van der Waals surface area contributed by atoms with Gasteiger partial charge in [-0.2, -0.15) is 13.9 Å². The number of imidazole rings is 1. The maximum Gasteiger partial charge on any atom is 0.319 e. The van der Waals surface area contributed by atoms with Crippen molar-refractivity contribution >= 4 is 16.8 Å². The van der Waals surface area contributed by atoms with Gasteiger partial charge in [0, 0.05) is 24.8 Å². The number of carbonyl (C=O) groups is 1. The maximum atomic E-state index is 12.8. The second kappa shape index (κ2) is 5.55. The molecule has 0 aliphatic carbocycles. The van der Waals surface area contributed by atoms with Crippen molar-refractivity contribution < 1.29 is 13.6 Å². The van der Waals surface area contributed by atoms with Crippen LogP contribution in [-0.4, -0.2) is 37.6 Å². The number of aromatic nitrogens is 4. The lowest BCUT2D eigenvalue weighted by Gasteiger charge is -2.18. The number of hydrogen-bond donors (Lipinski definition) is 1. The summed E-state index contributed by atoms with van der Waals surface area (Å²) in [5.74, 6) is -0.165. The number of amides is 1. The second-order valence-electron chi connectivity index (χ2n) is 4.83. The SMILES string of the molecule is CN(Cc1nccn1C(F)F)C(=O)c1cccc2cn[nH]c12. The van der Waals surface area contributed by atoms with Crippen molar-refractivity contribution in [2.24, 2.45) is 0 Å². The largest absolute Gasteiger partial charge is 0.334 e. The quantitative estimate of drug-likeness (QED) is 0.805. The molecular formula is C14H13F2N5O. The Kier molecular flexibility index (Phi) is 3.58. The zero-order valence-corrected chi connectivity index (χ0v) is 11.7. The second-order valence-corrected chi connectivity index (χ2v) is 4.83. The third-order valence-electron chi connectivity index (χ3n) is 3.39. The van der Waals surface area contributed by atoms with Gasteiger partial charge in [-0.15, -0.1) is 0 Å². The van der Waals surface area contributed by atoms with E-state index in [1.807, 2.05) is 6.07 Å². The number of nitrogens with one attached hydrogen (secondary N) is 1. The molecule has 22 heavy (non-hydrogen) atoms. The number of para-hydroxylation sites is 1. The van der Waals surface area contributed by atoms with Crippen LogP contribution in [0.3, 0.4) is 0 Å². The van der Waals surface area contributed by atoms with Crippen molar-refractivity contribution in [3.63, 3.8) is 0 Å². The van der Waals surface area contributed by atoms with E-state index in [2.05, 4.69) is 15.2 Å². The molecular weight excluding hydrogens is 292 g/mol. The minimum Gasteiger partial charge on any atom is -0.334 e. The summed E-state index contributed by atoms with van der Waals surface area (Å²) in [7, 11) is 1.54. The van der Waals surface area contributed by atoms with Crippen LogP contribution >= 0.6 is 0 Å². The number of fused-ring (bicyclic) bond motifs is 1. The van der Waals surface area contributed by atoms with Crippen LogP contribution in [0.5, 0.6) is 0 Å². The Morgan fingerprint density at radius 1 is 1.45 bits per heavy atom. The van der Waals surface area contributed by atoms with Gasteiger partial charge in [-0.3, -0.25) is 14.5 Å². The standard InChI is InChI=1S/C14H13F2N5O/c1-20(8-11-17-5-6-21(11)14(15)16)13(22)10-4-2-3-9-7-18-19-12(9)10/h2-7,14H,8H2,1H3,(H,18,19). The monoisotopic (exact) mass is 305 g/mol. The van der Waals surface area contributed by atoms with Crippen LogP contribution in [0.2, 0.25) is 0 Å². The van der Waals surface area contributed by atoms with E-state index in [0.717, 1.165) is 9.95 Å². The van der Waals surface area contributed by atoms with Crippen LogP contribution in [0.4, 0.5) is 8.78 Å². The number of rotatable bonds is 4. The summed E-state index contributed by atoms with van der Waals surface area (Å²) in [6, 6.07) is 5.25. The molecule has 3 aromatic rings. The average Bonchev–Trinajstić information content (AvgIpc) is 3.14. The molecule has 0 unspecified atom stereocenters. The summed E-state index contributed by atoms with van der Waals surface area (Å²) < 4.78 is 26.4. The Balaban J connectivity index is 1.86. The molecule has 0 atom stereocenters. The minimum atomic E-state index is -2.68. The number of benzene rings is 1. The van der Waals surface area contributed by atoms with E-state index < -0.39 is 6.55 Å². The lowest BCUT2D eigenvalue weighted by molar-refractivity contribution is 0.0613. The topological polar surface area (TPSA) is 66.8 Å². The summed E-state index contributed by atoms with van der Waals surface area (Å²) in [5.41, 5.74) is 1.06. The van der Waals surface area contributed by atoms with Crippen molar-refractivity contribution in [1.29, 1.82) is 0 Å². The number of halogens is 2. The number of H-pyrrole nitrogens is 1. The Hall–Kier alpha value is -2.77. The number of aromatic amines is 1. The van der Waals surface area contributed by atoms with Crippen LogP contribution in [-0.2, 0) is 6.54 Å². The average molecular weight is 305 g/mol. The Labute approximate surface area is 124 Å². The molecule has 6 nitrogen and oxygen atoms in total. The molecule has 0 fully saturated rings. The molecule has 8 heteroatoms. The molecule has 0 saturated heterocycles. The summed E-state index contributed by atoms with van der Waals surface area (Å²) in [4.78, 5) is 17.7. The number of hydrogen-bond acceptors (Lipinski definition) is 3. The van der Waals surface area contributed by atoms with Gasteiger partial charge in [-0.1, -0.05) is 12.1 Å². The summed E-state index contributed by atoms with van der Waals surface area (Å²) in [6.45, 7) is -2.70. The molecule has 0 aliphatic heterocycles. The van der Waals surface area contributed by atoms with Crippen LogP contribution in [0.1, 0.15) is 22.7 Å². The van der Waals surface area contributed by atoms with E-state index in [4.69, 9.17) is 0 Å². The molecule has 0 bridgehead atoms. The molecule has 1 N–H and O–H groups in total. The lowest BCUT2D eigenvalue weighted by Crippen LogP contribution is -2.28. The van der Waals surface area contributed by atoms with Crippen LogP contribution in [0, 0.1) is 0 Å². The van der Waals surface area contributed by atoms with E-state index in [1.54, 1.807) is 25.4 Å². The first-order valence-corrected chi connectivity index (χ1v) is 6.55. The molecule has 1 amide bonds. The zero-order chi connectivity index (χ0) is 15.7. The van der Waals surface area contributed by atoms with Gasteiger partial charge in [-0.05, 0) is 6.07 Å². The van der Waals surface area contributed by atoms with Gasteiger partial charge in [0.05, 0.1) is 23.8 Å². The van der Waals surface area contributed by atoms with Gasteiger partial charge in [0.2, 0.25) is 0 Å². The highest BCUT2D eigenvalue weighted by atomic mass is 19.3. The number of alkyl halides is 2. The Morgan fingerprint density at radius 2 is 2.27 bits per heavy atom. The number of nitrogens with zero attached hydrogens (tertiary/aromatic N) is 4. The molecule has 0 spiro atoms. The third-order valence-corrected chi connectivity index (χ3v) is 3.39. The van der Waals surface area contributed by atoms with Crippen molar-refractivity contribution in [1.82, 2.24) is 24.6 Å². The van der Waals surface area contributed by atoms with Crippen molar-refractivity contribution in [2.75, 3.05) is 7.05 Å². The Bertz CT molecular complexity index is 810. The highest BCUT2D eigenvalue weighted by molar-refractivity contribution is 6.05. The highest BCUT2D eigenvalue weighted by Gasteiger charge is 2.19. The van der Waals surface area contributed by atoms with E-state index in [1.165, 1.54) is 17.3 Å².